The molecule has 21 heavy (non-hydrogen) atoms. The molecule has 0 unspecified atom stereocenters. The minimum Gasteiger partial charge on any atom is -0.478 e. The first kappa shape index (κ1) is 17.1. The maximum absolute atomic E-state index is 12.8. The van der Waals surface area contributed by atoms with Crippen LogP contribution >= 0.6 is 11.6 Å². The Kier molecular flexibility index (Phi) is 4.72. The van der Waals surface area contributed by atoms with E-state index in [-0.39, 0.29) is 0 Å². The third kappa shape index (κ3) is 3.20. The fraction of sp³-hybridized carbons (Fsp3) is 0.300. The maximum atomic E-state index is 12.8. The monoisotopic (exact) mass is 333 g/mol. The second kappa shape index (κ2) is 5.80. The van der Waals surface area contributed by atoms with Crippen molar-refractivity contribution in [2.24, 2.45) is 0 Å². The number of aromatic nitrogens is 1. The summed E-state index contributed by atoms with van der Waals surface area (Å²) in [6, 6.07) is 0. The van der Waals surface area contributed by atoms with Crippen molar-refractivity contribution in [2.45, 2.75) is 12.6 Å². The highest BCUT2D eigenvalue weighted by molar-refractivity contribution is 6.36. The first-order valence-electron chi connectivity index (χ1n) is 4.92. The SMILES string of the molecule is COC(=O)c1c(C(F)F)nc(C(F)(F)F)c(C(=O)O)c1Cl. The number of alkyl halides is 5. The standard InChI is InChI=1S/C10H5ClF5NO4/c1-21-9(20)2-4(11)3(8(18)19)6(10(14,15)16)17-5(2)7(12)13/h7H,1H3,(H,18,19). The summed E-state index contributed by atoms with van der Waals surface area (Å²) in [6.45, 7) is 0. The molecule has 0 aliphatic rings. The Morgan fingerprint density at radius 2 is 1.81 bits per heavy atom. The molecule has 1 heterocycles. The Hall–Kier alpha value is -1.97. The van der Waals surface area contributed by atoms with Gasteiger partial charge in [-0.2, -0.15) is 13.2 Å². The normalized spacial score (nSPS) is 11.6. The molecular weight excluding hydrogens is 329 g/mol. The van der Waals surface area contributed by atoms with E-state index in [1.165, 1.54) is 0 Å². The first-order valence-corrected chi connectivity index (χ1v) is 5.30. The summed E-state index contributed by atoms with van der Waals surface area (Å²) in [5.74, 6) is -3.70. The van der Waals surface area contributed by atoms with Gasteiger partial charge in [-0.15, -0.1) is 0 Å². The van der Waals surface area contributed by atoms with Gasteiger partial charge in [-0.1, -0.05) is 11.6 Å². The molecule has 0 aliphatic heterocycles. The van der Waals surface area contributed by atoms with E-state index in [0.717, 1.165) is 7.11 Å². The number of aromatic carboxylic acids is 1. The van der Waals surface area contributed by atoms with E-state index in [1.54, 1.807) is 0 Å². The van der Waals surface area contributed by atoms with E-state index >= 15 is 0 Å². The highest BCUT2D eigenvalue weighted by Crippen LogP contribution is 2.38. The Labute approximate surface area is 118 Å². The fourth-order valence-corrected chi connectivity index (χ4v) is 1.77. The molecule has 1 N–H and O–H groups in total. The second-order valence-corrected chi connectivity index (χ2v) is 3.88. The highest BCUT2D eigenvalue weighted by Gasteiger charge is 2.42. The van der Waals surface area contributed by atoms with Crippen molar-refractivity contribution in [3.05, 3.63) is 27.5 Å². The number of hydrogen-bond acceptors (Lipinski definition) is 4. The molecule has 0 aromatic carbocycles. The fourth-order valence-electron chi connectivity index (χ4n) is 1.43. The lowest BCUT2D eigenvalue weighted by Gasteiger charge is -2.16. The zero-order valence-corrected chi connectivity index (χ0v) is 10.7. The van der Waals surface area contributed by atoms with E-state index in [0.29, 0.717) is 0 Å². The molecule has 0 aliphatic carbocycles. The molecule has 116 valence electrons. The number of carboxylic acids is 1. The van der Waals surface area contributed by atoms with Gasteiger partial charge < -0.3 is 9.84 Å². The molecule has 0 spiro atoms. The maximum Gasteiger partial charge on any atom is 0.434 e. The van der Waals surface area contributed by atoms with Crippen LogP contribution in [0.2, 0.25) is 5.02 Å². The number of halogens is 6. The van der Waals surface area contributed by atoms with Gasteiger partial charge in [0.05, 0.1) is 12.1 Å². The Morgan fingerprint density at radius 1 is 1.29 bits per heavy atom. The summed E-state index contributed by atoms with van der Waals surface area (Å²) in [4.78, 5) is 24.8. The smallest absolute Gasteiger partial charge is 0.434 e. The van der Waals surface area contributed by atoms with Crippen LogP contribution in [0.3, 0.4) is 0 Å². The van der Waals surface area contributed by atoms with Crippen LogP contribution < -0.4 is 0 Å². The molecule has 0 bridgehead atoms. The summed E-state index contributed by atoms with van der Waals surface area (Å²) in [5, 5.41) is 7.44. The van der Waals surface area contributed by atoms with Crippen molar-refractivity contribution in [1.29, 1.82) is 0 Å². The average Bonchev–Trinajstić information content (AvgIpc) is 2.34. The summed E-state index contributed by atoms with van der Waals surface area (Å²) < 4.78 is 67.7. The second-order valence-electron chi connectivity index (χ2n) is 3.50. The van der Waals surface area contributed by atoms with Crippen LogP contribution in [-0.4, -0.2) is 29.1 Å². The number of carbonyl (C=O) groups is 2. The number of nitrogens with zero attached hydrogens (tertiary/aromatic N) is 1. The van der Waals surface area contributed by atoms with Crippen LogP contribution in [0.15, 0.2) is 0 Å². The van der Waals surface area contributed by atoms with Crippen molar-refractivity contribution < 1.29 is 41.4 Å². The molecule has 0 radical (unpaired) electrons. The number of esters is 1. The zero-order valence-electron chi connectivity index (χ0n) is 9.96. The third-order valence-electron chi connectivity index (χ3n) is 2.24. The largest absolute Gasteiger partial charge is 0.478 e. The molecule has 1 aromatic rings. The molecule has 1 rings (SSSR count). The van der Waals surface area contributed by atoms with Gasteiger partial charge in [0, 0.05) is 0 Å². The van der Waals surface area contributed by atoms with Crippen LogP contribution in [0, 0.1) is 0 Å². The van der Waals surface area contributed by atoms with Crippen LogP contribution in [0.5, 0.6) is 0 Å². The zero-order chi connectivity index (χ0) is 16.5. The number of pyridine rings is 1. The first-order chi connectivity index (χ1) is 9.52. The van der Waals surface area contributed by atoms with Crippen LogP contribution in [-0.2, 0) is 10.9 Å². The Bertz CT molecular complexity index is 602. The Balaban J connectivity index is 3.89. The van der Waals surface area contributed by atoms with Gasteiger partial charge in [0.15, 0.2) is 5.69 Å². The topological polar surface area (TPSA) is 76.5 Å². The predicted molar refractivity (Wildman–Crippen MR) is 57.5 cm³/mol. The molecule has 11 heteroatoms. The van der Waals surface area contributed by atoms with E-state index < -0.39 is 52.1 Å². The van der Waals surface area contributed by atoms with Crippen molar-refractivity contribution in [3.63, 3.8) is 0 Å². The van der Waals surface area contributed by atoms with E-state index in [1.807, 2.05) is 0 Å². The molecule has 0 saturated carbocycles. The van der Waals surface area contributed by atoms with Crippen molar-refractivity contribution in [2.75, 3.05) is 7.11 Å². The highest BCUT2D eigenvalue weighted by atomic mass is 35.5. The summed E-state index contributed by atoms with van der Waals surface area (Å²) in [7, 11) is 0.756. The molecule has 5 nitrogen and oxygen atoms in total. The summed E-state index contributed by atoms with van der Waals surface area (Å²) >= 11 is 5.38. The summed E-state index contributed by atoms with van der Waals surface area (Å²) in [5.41, 5.74) is -6.55. The average molecular weight is 334 g/mol. The van der Waals surface area contributed by atoms with Crippen LogP contribution in [0.1, 0.15) is 38.5 Å². The lowest BCUT2D eigenvalue weighted by molar-refractivity contribution is -0.142. The Morgan fingerprint density at radius 3 is 2.14 bits per heavy atom. The lowest BCUT2D eigenvalue weighted by atomic mass is 10.1. The molecule has 0 fully saturated rings. The van der Waals surface area contributed by atoms with E-state index in [9.17, 15) is 31.5 Å². The minimum absolute atomic E-state index is 0.756. The molecule has 1 aromatic heterocycles. The van der Waals surface area contributed by atoms with E-state index in [2.05, 4.69) is 9.72 Å². The third-order valence-corrected chi connectivity index (χ3v) is 2.62. The number of carbonyl (C=O) groups excluding carboxylic acids is 1. The lowest BCUT2D eigenvalue weighted by Crippen LogP contribution is -2.21. The molecule has 0 amide bonds. The molecule has 0 saturated heterocycles. The number of ether oxygens (including phenoxy) is 1. The van der Waals surface area contributed by atoms with Gasteiger partial charge >= 0.3 is 18.1 Å². The van der Waals surface area contributed by atoms with Gasteiger partial charge in [0.2, 0.25) is 0 Å². The number of hydrogen-bond donors (Lipinski definition) is 1. The van der Waals surface area contributed by atoms with Crippen molar-refractivity contribution >= 4 is 23.5 Å². The van der Waals surface area contributed by atoms with Gasteiger partial charge in [-0.3, -0.25) is 0 Å². The quantitative estimate of drug-likeness (QED) is 0.679. The van der Waals surface area contributed by atoms with Gasteiger partial charge in [0.1, 0.15) is 16.8 Å². The van der Waals surface area contributed by atoms with Gasteiger partial charge in [-0.05, 0) is 0 Å². The van der Waals surface area contributed by atoms with Crippen molar-refractivity contribution in [3.8, 4) is 0 Å². The summed E-state index contributed by atoms with van der Waals surface area (Å²) in [6.07, 6.45) is -8.95. The molecule has 0 atom stereocenters. The predicted octanol–water partition coefficient (Wildman–Crippen LogP) is 3.18. The number of methoxy groups -OCH3 is 1. The van der Waals surface area contributed by atoms with E-state index in [4.69, 9.17) is 16.7 Å². The van der Waals surface area contributed by atoms with Crippen molar-refractivity contribution in [1.82, 2.24) is 4.98 Å². The number of carboxylic acid groups (broad SMARTS) is 1. The van der Waals surface area contributed by atoms with Gasteiger partial charge in [-0.25, -0.2) is 23.4 Å². The number of rotatable bonds is 3. The van der Waals surface area contributed by atoms with Crippen LogP contribution in [0.4, 0.5) is 22.0 Å². The van der Waals surface area contributed by atoms with Gasteiger partial charge in [0.25, 0.3) is 6.43 Å². The minimum atomic E-state index is -5.35. The van der Waals surface area contributed by atoms with Crippen LogP contribution in [0.25, 0.3) is 0 Å². The molecular formula is C10H5ClF5NO4.